The summed E-state index contributed by atoms with van der Waals surface area (Å²) in [6.45, 7) is 9.21. The third-order valence-corrected chi connectivity index (χ3v) is 6.61. The van der Waals surface area contributed by atoms with Crippen LogP contribution < -0.4 is 5.32 Å². The number of hydrogen-bond acceptors (Lipinski definition) is 1. The number of amides is 1. The van der Waals surface area contributed by atoms with Crippen molar-refractivity contribution in [2.75, 3.05) is 0 Å². The molecule has 2 saturated carbocycles. The summed E-state index contributed by atoms with van der Waals surface area (Å²) in [4.78, 5) is 12.4. The molecule has 0 spiro atoms. The molecular formula is C19H27NO. The maximum atomic E-state index is 12.4. The Hall–Kier alpha value is -1.31. The fourth-order valence-corrected chi connectivity index (χ4v) is 4.56. The van der Waals surface area contributed by atoms with Crippen LogP contribution in [0.1, 0.15) is 51.2 Å². The lowest BCUT2D eigenvalue weighted by Crippen LogP contribution is -2.47. The van der Waals surface area contributed by atoms with Crippen LogP contribution >= 0.6 is 0 Å². The first kappa shape index (κ1) is 14.6. The van der Waals surface area contributed by atoms with Crippen LogP contribution in [0.5, 0.6) is 0 Å². The molecule has 1 N–H and O–H groups in total. The van der Waals surface area contributed by atoms with E-state index in [1.54, 1.807) is 0 Å². The van der Waals surface area contributed by atoms with Crippen molar-refractivity contribution in [3.8, 4) is 0 Å². The topological polar surface area (TPSA) is 29.1 Å². The number of nitrogens with one attached hydrogen (secondary N) is 1. The number of fused-ring (bicyclic) bond motifs is 2. The molecule has 1 amide bonds. The van der Waals surface area contributed by atoms with Gasteiger partial charge in [-0.25, -0.2) is 0 Å². The molecule has 3 unspecified atom stereocenters. The number of carbonyl (C=O) groups is 1. The van der Waals surface area contributed by atoms with Crippen LogP contribution in [0.4, 0.5) is 0 Å². The average Bonchev–Trinajstić information content (AvgIpc) is 2.74. The van der Waals surface area contributed by atoms with Gasteiger partial charge < -0.3 is 5.32 Å². The predicted molar refractivity (Wildman–Crippen MR) is 86.0 cm³/mol. The van der Waals surface area contributed by atoms with Crippen LogP contribution in [0.3, 0.4) is 0 Å². The second-order valence-corrected chi connectivity index (χ2v) is 7.89. The van der Waals surface area contributed by atoms with E-state index >= 15 is 0 Å². The van der Waals surface area contributed by atoms with Crippen LogP contribution in [-0.4, -0.2) is 11.9 Å². The van der Waals surface area contributed by atoms with Gasteiger partial charge in [-0.3, -0.25) is 4.79 Å². The zero-order valence-electron chi connectivity index (χ0n) is 13.7. The minimum absolute atomic E-state index is 0.174. The maximum Gasteiger partial charge on any atom is 0.224 e. The smallest absolute Gasteiger partial charge is 0.224 e. The van der Waals surface area contributed by atoms with E-state index in [0.29, 0.717) is 17.9 Å². The standard InChI is InChI=1S/C19H27NO/c1-13-5-7-14(8-6-13)11-17(21)20-16-12-15-9-10-19(16,4)18(15,2)3/h5-8,15-16H,9-12H2,1-4H3,(H,20,21). The van der Waals surface area contributed by atoms with E-state index in [-0.39, 0.29) is 11.3 Å². The van der Waals surface area contributed by atoms with Gasteiger partial charge in [-0.05, 0) is 48.5 Å². The number of hydrogen-bond donors (Lipinski definition) is 1. The Kier molecular flexibility index (Phi) is 3.38. The van der Waals surface area contributed by atoms with Crippen molar-refractivity contribution >= 4 is 5.91 Å². The fourth-order valence-electron chi connectivity index (χ4n) is 4.56. The van der Waals surface area contributed by atoms with Gasteiger partial charge in [0.05, 0.1) is 6.42 Å². The number of rotatable bonds is 3. The Balaban J connectivity index is 1.65. The molecule has 1 aromatic rings. The molecule has 21 heavy (non-hydrogen) atoms. The summed E-state index contributed by atoms with van der Waals surface area (Å²) in [6.07, 6.45) is 4.23. The highest BCUT2D eigenvalue weighted by molar-refractivity contribution is 5.79. The predicted octanol–water partition coefficient (Wildman–Crippen LogP) is 3.87. The third kappa shape index (κ3) is 2.29. The second-order valence-electron chi connectivity index (χ2n) is 7.89. The van der Waals surface area contributed by atoms with E-state index in [2.05, 4.69) is 57.3 Å². The van der Waals surface area contributed by atoms with E-state index in [0.717, 1.165) is 17.9 Å². The van der Waals surface area contributed by atoms with Crippen LogP contribution in [-0.2, 0) is 11.2 Å². The highest BCUT2D eigenvalue weighted by atomic mass is 16.1. The Morgan fingerprint density at radius 1 is 1.24 bits per heavy atom. The summed E-state index contributed by atoms with van der Waals surface area (Å²) in [5.74, 6) is 0.945. The summed E-state index contributed by atoms with van der Waals surface area (Å²) >= 11 is 0. The van der Waals surface area contributed by atoms with Crippen molar-refractivity contribution in [2.45, 2.75) is 59.4 Å². The summed E-state index contributed by atoms with van der Waals surface area (Å²) in [5.41, 5.74) is 2.96. The first-order valence-corrected chi connectivity index (χ1v) is 8.18. The van der Waals surface area contributed by atoms with Crippen molar-refractivity contribution < 1.29 is 4.79 Å². The normalized spacial score (nSPS) is 33.1. The van der Waals surface area contributed by atoms with Gasteiger partial charge in [-0.1, -0.05) is 50.6 Å². The lowest BCUT2D eigenvalue weighted by molar-refractivity contribution is -0.122. The number of benzene rings is 1. The quantitative estimate of drug-likeness (QED) is 0.897. The SMILES string of the molecule is Cc1ccc(CC(=O)NC2CC3CCC2(C)C3(C)C)cc1. The minimum atomic E-state index is 0.174. The van der Waals surface area contributed by atoms with Crippen LogP contribution in [0.15, 0.2) is 24.3 Å². The number of aryl methyl sites for hydroxylation is 1. The van der Waals surface area contributed by atoms with Gasteiger partial charge in [0.15, 0.2) is 0 Å². The summed E-state index contributed by atoms with van der Waals surface area (Å²) < 4.78 is 0. The second kappa shape index (κ2) is 4.86. The monoisotopic (exact) mass is 285 g/mol. The van der Waals surface area contributed by atoms with E-state index < -0.39 is 0 Å². The maximum absolute atomic E-state index is 12.4. The van der Waals surface area contributed by atoms with Crippen molar-refractivity contribution in [3.63, 3.8) is 0 Å². The van der Waals surface area contributed by atoms with E-state index in [4.69, 9.17) is 0 Å². The van der Waals surface area contributed by atoms with Crippen LogP contribution in [0, 0.1) is 23.7 Å². The lowest BCUT2D eigenvalue weighted by Gasteiger charge is -2.39. The molecule has 0 aliphatic heterocycles. The molecular weight excluding hydrogens is 258 g/mol. The first-order valence-electron chi connectivity index (χ1n) is 8.18. The molecule has 114 valence electrons. The van der Waals surface area contributed by atoms with Gasteiger partial charge in [0, 0.05) is 6.04 Å². The number of carbonyl (C=O) groups excluding carboxylic acids is 1. The van der Waals surface area contributed by atoms with E-state index in [9.17, 15) is 4.79 Å². The zero-order chi connectivity index (χ0) is 15.3. The van der Waals surface area contributed by atoms with Crippen molar-refractivity contribution in [2.24, 2.45) is 16.7 Å². The molecule has 0 radical (unpaired) electrons. The van der Waals surface area contributed by atoms with Gasteiger partial charge in [0.25, 0.3) is 0 Å². The molecule has 2 bridgehead atoms. The Morgan fingerprint density at radius 2 is 1.90 bits per heavy atom. The highest BCUT2D eigenvalue weighted by Crippen LogP contribution is 2.65. The summed E-state index contributed by atoms with van der Waals surface area (Å²) in [7, 11) is 0. The summed E-state index contributed by atoms with van der Waals surface area (Å²) in [6, 6.07) is 8.61. The van der Waals surface area contributed by atoms with Gasteiger partial charge in [0.2, 0.25) is 5.91 Å². The first-order chi connectivity index (χ1) is 9.83. The van der Waals surface area contributed by atoms with Gasteiger partial charge in [0.1, 0.15) is 0 Å². The van der Waals surface area contributed by atoms with Crippen LogP contribution in [0.25, 0.3) is 0 Å². The largest absolute Gasteiger partial charge is 0.353 e. The molecule has 2 aliphatic carbocycles. The van der Waals surface area contributed by atoms with Crippen LogP contribution in [0.2, 0.25) is 0 Å². The van der Waals surface area contributed by atoms with Crippen molar-refractivity contribution in [1.82, 2.24) is 5.32 Å². The zero-order valence-corrected chi connectivity index (χ0v) is 13.7. The third-order valence-electron chi connectivity index (χ3n) is 6.61. The molecule has 2 nitrogen and oxygen atoms in total. The van der Waals surface area contributed by atoms with Crippen molar-refractivity contribution in [3.05, 3.63) is 35.4 Å². The lowest BCUT2D eigenvalue weighted by atomic mass is 9.69. The van der Waals surface area contributed by atoms with Gasteiger partial charge in [-0.2, -0.15) is 0 Å². The minimum Gasteiger partial charge on any atom is -0.353 e. The Morgan fingerprint density at radius 3 is 2.43 bits per heavy atom. The molecule has 3 atom stereocenters. The highest BCUT2D eigenvalue weighted by Gasteiger charge is 2.61. The van der Waals surface area contributed by atoms with Gasteiger partial charge >= 0.3 is 0 Å². The molecule has 2 aliphatic rings. The molecule has 0 saturated heterocycles. The van der Waals surface area contributed by atoms with Crippen molar-refractivity contribution in [1.29, 1.82) is 0 Å². The Bertz CT molecular complexity index is 545. The molecule has 2 heteroatoms. The molecule has 0 aromatic heterocycles. The van der Waals surface area contributed by atoms with Gasteiger partial charge in [-0.15, -0.1) is 0 Å². The molecule has 1 aromatic carbocycles. The average molecular weight is 285 g/mol. The van der Waals surface area contributed by atoms with E-state index in [1.807, 2.05) is 0 Å². The van der Waals surface area contributed by atoms with E-state index in [1.165, 1.54) is 18.4 Å². The fraction of sp³-hybridized carbons (Fsp3) is 0.632. The summed E-state index contributed by atoms with van der Waals surface area (Å²) in [5, 5.41) is 3.33. The Labute approximate surface area is 128 Å². The molecule has 2 fully saturated rings. The molecule has 3 rings (SSSR count). The molecule has 0 heterocycles.